The van der Waals surface area contributed by atoms with Crippen LogP contribution in [0, 0.1) is 13.8 Å². The van der Waals surface area contributed by atoms with Gasteiger partial charge in [0.1, 0.15) is 0 Å². The van der Waals surface area contributed by atoms with E-state index in [0.717, 1.165) is 10.2 Å². The molecule has 1 heterocycles. The lowest BCUT2D eigenvalue weighted by Gasteiger charge is -2.08. The van der Waals surface area contributed by atoms with Crippen molar-refractivity contribution in [3.63, 3.8) is 0 Å². The van der Waals surface area contributed by atoms with Crippen molar-refractivity contribution in [1.29, 1.82) is 0 Å². The molecule has 100 valence electrons. The highest BCUT2D eigenvalue weighted by Crippen LogP contribution is 2.26. The summed E-state index contributed by atoms with van der Waals surface area (Å²) in [6.45, 7) is 3.69. The van der Waals surface area contributed by atoms with Crippen LogP contribution in [-0.4, -0.2) is 15.7 Å². The third kappa shape index (κ3) is 2.82. The van der Waals surface area contributed by atoms with Crippen LogP contribution in [0.2, 0.25) is 5.02 Å². The van der Waals surface area contributed by atoms with E-state index in [1.165, 1.54) is 0 Å². The Labute approximate surface area is 124 Å². The summed E-state index contributed by atoms with van der Waals surface area (Å²) in [7, 11) is 1.82. The quantitative estimate of drug-likeness (QED) is 0.904. The van der Waals surface area contributed by atoms with Gasteiger partial charge in [-0.15, -0.1) is 0 Å². The van der Waals surface area contributed by atoms with Gasteiger partial charge in [-0.2, -0.15) is 5.10 Å². The predicted molar refractivity (Wildman–Crippen MR) is 79.8 cm³/mol. The van der Waals surface area contributed by atoms with E-state index in [-0.39, 0.29) is 5.91 Å². The smallest absolute Gasteiger partial charge is 0.259 e. The maximum atomic E-state index is 12.3. The molecule has 1 amide bonds. The third-order valence-electron chi connectivity index (χ3n) is 2.92. The highest BCUT2D eigenvalue weighted by Gasteiger charge is 2.18. The number of hydrogen-bond donors (Lipinski definition) is 1. The molecule has 19 heavy (non-hydrogen) atoms. The average Bonchev–Trinajstić information content (AvgIpc) is 2.57. The fraction of sp³-hybridized carbons (Fsp3) is 0.231. The number of amides is 1. The van der Waals surface area contributed by atoms with Crippen molar-refractivity contribution < 1.29 is 4.79 Å². The Morgan fingerprint density at radius 3 is 2.63 bits per heavy atom. The molecule has 4 nitrogen and oxygen atoms in total. The number of aromatic nitrogens is 2. The first-order valence-electron chi connectivity index (χ1n) is 5.66. The average molecular weight is 343 g/mol. The van der Waals surface area contributed by atoms with Crippen LogP contribution in [0.15, 0.2) is 22.7 Å². The maximum Gasteiger partial charge on any atom is 0.259 e. The molecule has 0 aliphatic heterocycles. The minimum Gasteiger partial charge on any atom is -0.321 e. The molecule has 0 aliphatic carbocycles. The van der Waals surface area contributed by atoms with Crippen LogP contribution in [0.3, 0.4) is 0 Å². The number of nitrogens with zero attached hydrogens (tertiary/aromatic N) is 2. The molecule has 0 saturated heterocycles. The van der Waals surface area contributed by atoms with E-state index in [9.17, 15) is 4.79 Å². The summed E-state index contributed by atoms with van der Waals surface area (Å²) in [4.78, 5) is 12.3. The normalized spacial score (nSPS) is 10.6. The summed E-state index contributed by atoms with van der Waals surface area (Å²) < 4.78 is 2.44. The highest BCUT2D eigenvalue weighted by molar-refractivity contribution is 9.10. The lowest BCUT2D eigenvalue weighted by Crippen LogP contribution is -2.14. The van der Waals surface area contributed by atoms with E-state index in [1.807, 2.05) is 20.9 Å². The second kappa shape index (κ2) is 5.35. The summed E-state index contributed by atoms with van der Waals surface area (Å²) in [5.74, 6) is -0.175. The lowest BCUT2D eigenvalue weighted by molar-refractivity contribution is 0.102. The van der Waals surface area contributed by atoms with Gasteiger partial charge in [-0.05, 0) is 48.0 Å². The highest BCUT2D eigenvalue weighted by atomic mass is 79.9. The van der Waals surface area contributed by atoms with Crippen molar-refractivity contribution in [3.8, 4) is 0 Å². The standard InChI is InChI=1S/C13H13BrClN3O/c1-7-12(8(2)18(3)17-7)13(19)16-11-5-4-9(15)6-10(11)14/h4-6H,1-3H3,(H,16,19). The molecule has 0 unspecified atom stereocenters. The summed E-state index contributed by atoms with van der Waals surface area (Å²) in [5, 5.41) is 7.69. The Morgan fingerprint density at radius 1 is 1.42 bits per heavy atom. The van der Waals surface area contributed by atoms with Crippen LogP contribution < -0.4 is 5.32 Å². The van der Waals surface area contributed by atoms with Crippen LogP contribution >= 0.6 is 27.5 Å². The summed E-state index contributed by atoms with van der Waals surface area (Å²) in [5.41, 5.74) is 2.82. The number of carbonyl (C=O) groups excluding carboxylic acids is 1. The summed E-state index contributed by atoms with van der Waals surface area (Å²) in [6, 6.07) is 5.22. The number of rotatable bonds is 2. The number of hydrogen-bond acceptors (Lipinski definition) is 2. The Kier molecular flexibility index (Phi) is 3.96. The van der Waals surface area contributed by atoms with E-state index in [4.69, 9.17) is 11.6 Å². The van der Waals surface area contributed by atoms with E-state index < -0.39 is 0 Å². The van der Waals surface area contributed by atoms with Crippen molar-refractivity contribution in [1.82, 2.24) is 9.78 Å². The number of halogens is 2. The van der Waals surface area contributed by atoms with Crippen LogP contribution in [-0.2, 0) is 7.05 Å². The first-order chi connectivity index (χ1) is 8.90. The zero-order valence-electron chi connectivity index (χ0n) is 10.8. The lowest BCUT2D eigenvalue weighted by atomic mass is 10.2. The largest absolute Gasteiger partial charge is 0.321 e. The minimum atomic E-state index is -0.175. The zero-order valence-corrected chi connectivity index (χ0v) is 13.1. The van der Waals surface area contributed by atoms with Crippen LogP contribution in [0.5, 0.6) is 0 Å². The molecule has 6 heteroatoms. The Hall–Kier alpha value is -1.33. The van der Waals surface area contributed by atoms with Gasteiger partial charge in [-0.1, -0.05) is 11.6 Å². The van der Waals surface area contributed by atoms with Crippen LogP contribution in [0.25, 0.3) is 0 Å². The Balaban J connectivity index is 2.31. The Morgan fingerprint density at radius 2 is 2.11 bits per heavy atom. The van der Waals surface area contributed by atoms with Gasteiger partial charge in [0, 0.05) is 22.2 Å². The molecule has 0 bridgehead atoms. The number of anilines is 1. The minimum absolute atomic E-state index is 0.175. The fourth-order valence-electron chi connectivity index (χ4n) is 1.88. The van der Waals surface area contributed by atoms with Crippen molar-refractivity contribution >= 4 is 39.1 Å². The second-order valence-electron chi connectivity index (χ2n) is 4.25. The van der Waals surface area contributed by atoms with Gasteiger partial charge in [0.05, 0.1) is 16.9 Å². The SMILES string of the molecule is Cc1nn(C)c(C)c1C(=O)Nc1ccc(Cl)cc1Br. The van der Waals surface area contributed by atoms with Gasteiger partial charge < -0.3 is 5.32 Å². The molecule has 2 rings (SSSR count). The molecule has 0 atom stereocenters. The Bertz CT molecular complexity index is 652. The van der Waals surface area contributed by atoms with Gasteiger partial charge in [0.2, 0.25) is 0 Å². The van der Waals surface area contributed by atoms with Gasteiger partial charge in [0.25, 0.3) is 5.91 Å². The summed E-state index contributed by atoms with van der Waals surface area (Å²) in [6.07, 6.45) is 0. The molecule has 0 radical (unpaired) electrons. The molecule has 0 saturated carbocycles. The molecule has 2 aromatic rings. The van der Waals surface area contributed by atoms with Gasteiger partial charge >= 0.3 is 0 Å². The molecular weight excluding hydrogens is 330 g/mol. The third-order valence-corrected chi connectivity index (χ3v) is 3.81. The number of benzene rings is 1. The number of carbonyl (C=O) groups is 1. The van der Waals surface area contributed by atoms with Crippen molar-refractivity contribution in [2.45, 2.75) is 13.8 Å². The molecule has 0 spiro atoms. The molecule has 1 aromatic carbocycles. The first-order valence-corrected chi connectivity index (χ1v) is 6.84. The molecule has 1 N–H and O–H groups in total. The first kappa shape index (κ1) is 14.1. The van der Waals surface area contributed by atoms with Crippen LogP contribution in [0.4, 0.5) is 5.69 Å². The fourth-order valence-corrected chi connectivity index (χ4v) is 2.66. The molecule has 0 aliphatic rings. The zero-order chi connectivity index (χ0) is 14.2. The topological polar surface area (TPSA) is 46.9 Å². The monoisotopic (exact) mass is 341 g/mol. The van der Waals surface area contributed by atoms with E-state index in [0.29, 0.717) is 22.0 Å². The van der Waals surface area contributed by atoms with Gasteiger partial charge in [-0.25, -0.2) is 0 Å². The van der Waals surface area contributed by atoms with Crippen molar-refractivity contribution in [3.05, 3.63) is 44.6 Å². The summed E-state index contributed by atoms with van der Waals surface area (Å²) >= 11 is 9.24. The van der Waals surface area contributed by atoms with E-state index in [2.05, 4.69) is 26.3 Å². The number of aryl methyl sites for hydroxylation is 2. The van der Waals surface area contributed by atoms with Gasteiger partial charge in [-0.3, -0.25) is 9.48 Å². The number of nitrogens with one attached hydrogen (secondary N) is 1. The molecule has 1 aromatic heterocycles. The molecule has 0 fully saturated rings. The van der Waals surface area contributed by atoms with Crippen molar-refractivity contribution in [2.75, 3.05) is 5.32 Å². The van der Waals surface area contributed by atoms with E-state index in [1.54, 1.807) is 22.9 Å². The van der Waals surface area contributed by atoms with Crippen molar-refractivity contribution in [2.24, 2.45) is 7.05 Å². The van der Waals surface area contributed by atoms with E-state index >= 15 is 0 Å². The maximum absolute atomic E-state index is 12.3. The second-order valence-corrected chi connectivity index (χ2v) is 5.54. The van der Waals surface area contributed by atoms with Gasteiger partial charge in [0.15, 0.2) is 0 Å². The van der Waals surface area contributed by atoms with Crippen LogP contribution in [0.1, 0.15) is 21.7 Å². The molecular formula is C13H13BrClN3O. The predicted octanol–water partition coefficient (Wildman–Crippen LogP) is 3.71.